The second-order valence-electron chi connectivity index (χ2n) is 3.47. The number of benzene rings is 1. The van der Waals surface area contributed by atoms with Gasteiger partial charge >= 0.3 is 5.97 Å². The molecule has 2 aromatic rings. The summed E-state index contributed by atoms with van der Waals surface area (Å²) in [5.41, 5.74) is 0. The van der Waals surface area contributed by atoms with E-state index < -0.39 is 9.76 Å². The number of aromatic amines is 1. The SMILES string of the molecule is O=C(Oc1ccc(Cl)cc1Cl)c1n[nH]c(C(Cl)(Cl)Cl)n1. The van der Waals surface area contributed by atoms with Crippen LogP contribution in [0.3, 0.4) is 0 Å². The number of carbonyl (C=O) groups is 1. The van der Waals surface area contributed by atoms with Gasteiger partial charge in [0.1, 0.15) is 5.75 Å². The van der Waals surface area contributed by atoms with E-state index in [0.717, 1.165) is 0 Å². The first-order valence-corrected chi connectivity index (χ1v) is 6.83. The van der Waals surface area contributed by atoms with Crippen LogP contribution in [-0.4, -0.2) is 21.2 Å². The van der Waals surface area contributed by atoms with Crippen LogP contribution in [0, 0.1) is 0 Å². The maximum Gasteiger partial charge on any atom is 0.383 e. The molecule has 0 bridgehead atoms. The number of ether oxygens (including phenoxy) is 1. The average molecular weight is 375 g/mol. The summed E-state index contributed by atoms with van der Waals surface area (Å²) in [4.78, 5) is 15.5. The highest BCUT2D eigenvalue weighted by molar-refractivity contribution is 6.66. The van der Waals surface area contributed by atoms with E-state index in [9.17, 15) is 4.79 Å². The van der Waals surface area contributed by atoms with Crippen LogP contribution in [0.5, 0.6) is 5.75 Å². The van der Waals surface area contributed by atoms with Crippen LogP contribution in [-0.2, 0) is 3.79 Å². The van der Waals surface area contributed by atoms with Gasteiger partial charge in [-0.15, -0.1) is 5.10 Å². The number of alkyl halides is 3. The molecular formula is C10H4Cl5N3O2. The fraction of sp³-hybridized carbons (Fsp3) is 0.100. The van der Waals surface area contributed by atoms with E-state index in [1.54, 1.807) is 0 Å². The van der Waals surface area contributed by atoms with Crippen LogP contribution < -0.4 is 4.74 Å². The van der Waals surface area contributed by atoms with Crippen LogP contribution in [0.2, 0.25) is 10.0 Å². The van der Waals surface area contributed by atoms with Crippen molar-refractivity contribution in [3.05, 3.63) is 39.9 Å². The number of hydrogen-bond donors (Lipinski definition) is 1. The molecule has 0 atom stereocenters. The topological polar surface area (TPSA) is 67.9 Å². The molecule has 1 heterocycles. The maximum absolute atomic E-state index is 11.8. The number of H-pyrrole nitrogens is 1. The Labute approximate surface area is 138 Å². The second-order valence-corrected chi connectivity index (χ2v) is 6.59. The van der Waals surface area contributed by atoms with E-state index in [1.165, 1.54) is 18.2 Å². The van der Waals surface area contributed by atoms with Gasteiger partial charge in [-0.05, 0) is 18.2 Å². The first-order valence-electron chi connectivity index (χ1n) is 4.94. The summed E-state index contributed by atoms with van der Waals surface area (Å²) >= 11 is 28.4. The quantitative estimate of drug-likeness (QED) is 0.486. The first kappa shape index (κ1) is 15.7. The number of nitrogens with one attached hydrogen (secondary N) is 1. The normalized spacial score (nSPS) is 11.4. The lowest BCUT2D eigenvalue weighted by molar-refractivity contribution is 0.0722. The summed E-state index contributed by atoms with van der Waals surface area (Å²) in [5, 5.41) is 6.50. The Kier molecular flexibility index (Phi) is 4.66. The van der Waals surface area contributed by atoms with E-state index >= 15 is 0 Å². The van der Waals surface area contributed by atoms with Crippen molar-refractivity contribution in [2.75, 3.05) is 0 Å². The monoisotopic (exact) mass is 373 g/mol. The summed E-state index contributed by atoms with van der Waals surface area (Å²) in [6, 6.07) is 4.38. The summed E-state index contributed by atoms with van der Waals surface area (Å²) in [6.45, 7) is 0. The summed E-state index contributed by atoms with van der Waals surface area (Å²) in [5.74, 6) is -1.14. The van der Waals surface area contributed by atoms with Gasteiger partial charge in [0.2, 0.25) is 3.79 Å². The van der Waals surface area contributed by atoms with E-state index in [4.69, 9.17) is 62.7 Å². The molecule has 106 valence electrons. The zero-order chi connectivity index (χ0) is 14.9. The Morgan fingerprint density at radius 1 is 1.25 bits per heavy atom. The van der Waals surface area contributed by atoms with Gasteiger partial charge in [0.25, 0.3) is 5.82 Å². The molecule has 20 heavy (non-hydrogen) atoms. The minimum Gasteiger partial charge on any atom is -0.419 e. The van der Waals surface area contributed by atoms with Crippen LogP contribution in [0.25, 0.3) is 0 Å². The molecule has 0 fully saturated rings. The van der Waals surface area contributed by atoms with E-state index in [-0.39, 0.29) is 22.4 Å². The molecule has 5 nitrogen and oxygen atoms in total. The molecule has 10 heteroatoms. The average Bonchev–Trinajstić information content (AvgIpc) is 2.82. The van der Waals surface area contributed by atoms with Gasteiger partial charge in [-0.2, -0.15) is 0 Å². The van der Waals surface area contributed by atoms with Crippen LogP contribution >= 0.6 is 58.0 Å². The minimum absolute atomic E-state index is 0.100. The number of aromatic nitrogens is 3. The lowest BCUT2D eigenvalue weighted by Gasteiger charge is -2.05. The standard InChI is InChI=1S/C10H4Cl5N3O2/c11-4-1-2-6(5(12)3-4)20-8(19)7-16-9(18-17-7)10(13,14)15/h1-3H,(H,16,17,18). The summed E-state index contributed by atoms with van der Waals surface area (Å²) < 4.78 is 3.19. The van der Waals surface area contributed by atoms with Gasteiger partial charge in [0.15, 0.2) is 5.82 Å². The molecule has 0 aliphatic heterocycles. The molecule has 1 aromatic carbocycles. The lowest BCUT2D eigenvalue weighted by Crippen LogP contribution is -2.11. The number of rotatable bonds is 2. The number of esters is 1. The van der Waals surface area contributed by atoms with Crippen molar-refractivity contribution in [1.29, 1.82) is 0 Å². The molecule has 0 spiro atoms. The van der Waals surface area contributed by atoms with Gasteiger partial charge in [0, 0.05) is 5.02 Å². The molecule has 0 saturated carbocycles. The molecular weight excluding hydrogens is 371 g/mol. The molecule has 0 unspecified atom stereocenters. The highest BCUT2D eigenvalue weighted by Gasteiger charge is 2.29. The minimum atomic E-state index is -1.82. The van der Waals surface area contributed by atoms with Crippen LogP contribution in [0.15, 0.2) is 18.2 Å². The van der Waals surface area contributed by atoms with Crippen molar-refractivity contribution >= 4 is 64.0 Å². The Bertz CT molecular complexity index is 653. The van der Waals surface area contributed by atoms with Crippen molar-refractivity contribution in [3.8, 4) is 5.75 Å². The molecule has 0 saturated heterocycles. The fourth-order valence-corrected chi connectivity index (χ4v) is 1.88. The molecule has 2 rings (SSSR count). The summed E-state index contributed by atoms with van der Waals surface area (Å²) in [7, 11) is 0. The van der Waals surface area contributed by atoms with E-state index in [0.29, 0.717) is 5.02 Å². The van der Waals surface area contributed by atoms with Gasteiger partial charge in [-0.25, -0.2) is 9.78 Å². The maximum atomic E-state index is 11.8. The smallest absolute Gasteiger partial charge is 0.383 e. The Balaban J connectivity index is 2.18. The van der Waals surface area contributed by atoms with Crippen LogP contribution in [0.1, 0.15) is 16.4 Å². The number of hydrogen-bond acceptors (Lipinski definition) is 4. The fourth-order valence-electron chi connectivity index (χ4n) is 1.18. The third-order valence-electron chi connectivity index (χ3n) is 2.03. The second kappa shape index (κ2) is 5.95. The van der Waals surface area contributed by atoms with Crippen molar-refractivity contribution in [2.24, 2.45) is 0 Å². The zero-order valence-electron chi connectivity index (χ0n) is 9.33. The third kappa shape index (κ3) is 3.68. The molecule has 0 aliphatic carbocycles. The lowest BCUT2D eigenvalue weighted by atomic mass is 10.3. The predicted molar refractivity (Wildman–Crippen MR) is 77.0 cm³/mol. The Hall–Kier alpha value is -0.720. The molecule has 1 N–H and O–H groups in total. The molecule has 0 aliphatic rings. The Morgan fingerprint density at radius 3 is 2.50 bits per heavy atom. The Morgan fingerprint density at radius 2 is 1.95 bits per heavy atom. The number of carbonyl (C=O) groups excluding carboxylic acids is 1. The van der Waals surface area contributed by atoms with Gasteiger partial charge in [-0.3, -0.25) is 5.10 Å². The molecule has 1 aromatic heterocycles. The van der Waals surface area contributed by atoms with Crippen LogP contribution in [0.4, 0.5) is 0 Å². The van der Waals surface area contributed by atoms with E-state index in [2.05, 4.69) is 15.2 Å². The largest absolute Gasteiger partial charge is 0.419 e. The number of halogens is 5. The van der Waals surface area contributed by atoms with E-state index in [1.807, 2.05) is 0 Å². The highest BCUT2D eigenvalue weighted by Crippen LogP contribution is 2.35. The van der Waals surface area contributed by atoms with Crippen molar-refractivity contribution in [3.63, 3.8) is 0 Å². The van der Waals surface area contributed by atoms with Crippen molar-refractivity contribution < 1.29 is 9.53 Å². The van der Waals surface area contributed by atoms with Gasteiger partial charge in [-0.1, -0.05) is 58.0 Å². The molecule has 0 radical (unpaired) electrons. The summed E-state index contributed by atoms with van der Waals surface area (Å²) in [6.07, 6.45) is 0. The third-order valence-corrected chi connectivity index (χ3v) is 3.10. The number of nitrogens with zero attached hydrogens (tertiary/aromatic N) is 2. The van der Waals surface area contributed by atoms with Gasteiger partial charge in [0.05, 0.1) is 5.02 Å². The first-order chi connectivity index (χ1) is 9.27. The van der Waals surface area contributed by atoms with Gasteiger partial charge < -0.3 is 4.74 Å². The molecule has 0 amide bonds. The van der Waals surface area contributed by atoms with Crippen molar-refractivity contribution in [2.45, 2.75) is 3.79 Å². The highest BCUT2D eigenvalue weighted by atomic mass is 35.6. The van der Waals surface area contributed by atoms with Crippen molar-refractivity contribution in [1.82, 2.24) is 15.2 Å². The zero-order valence-corrected chi connectivity index (χ0v) is 13.1. The predicted octanol–water partition coefficient (Wildman–Crippen LogP) is 4.16.